The Balaban J connectivity index is 2.34. The quantitative estimate of drug-likeness (QED) is 0.750. The predicted molar refractivity (Wildman–Crippen MR) is 93.3 cm³/mol. The molecule has 1 aromatic rings. The average molecular weight is 340 g/mol. The number of rotatable bonds is 9. The van der Waals surface area contributed by atoms with Crippen molar-refractivity contribution in [2.45, 2.75) is 26.3 Å². The molecule has 0 fully saturated rings. The summed E-state index contributed by atoms with van der Waals surface area (Å²) in [6.07, 6.45) is 1.19. The average Bonchev–Trinajstić information content (AvgIpc) is 2.49. The number of halogens is 1. The summed E-state index contributed by atoms with van der Waals surface area (Å²) in [7, 11) is 4.00. The van der Waals surface area contributed by atoms with Crippen LogP contribution in [0.1, 0.15) is 25.3 Å². The summed E-state index contributed by atoms with van der Waals surface area (Å²) in [5, 5.41) is 3.48. The molecular weight excluding hydrogens is 314 g/mol. The lowest BCUT2D eigenvalue weighted by atomic mass is 10.2. The van der Waals surface area contributed by atoms with E-state index in [2.05, 4.69) is 10.2 Å². The van der Waals surface area contributed by atoms with E-state index in [1.165, 1.54) is 6.92 Å². The zero-order valence-corrected chi connectivity index (χ0v) is 14.9. The number of amides is 2. The Morgan fingerprint density at radius 2 is 1.83 bits per heavy atom. The number of hydrogen-bond acceptors (Lipinski definition) is 3. The highest BCUT2D eigenvalue weighted by Gasteiger charge is 2.11. The Labute approximate surface area is 143 Å². The molecule has 1 N–H and O–H groups in total. The lowest BCUT2D eigenvalue weighted by molar-refractivity contribution is -0.129. The molecule has 5 nitrogen and oxygen atoms in total. The molecule has 0 spiro atoms. The van der Waals surface area contributed by atoms with Crippen molar-refractivity contribution in [1.29, 1.82) is 0 Å². The summed E-state index contributed by atoms with van der Waals surface area (Å²) >= 11 is 6.05. The molecule has 0 saturated heterocycles. The molecule has 1 rings (SSSR count). The molecule has 0 aromatic heterocycles. The van der Waals surface area contributed by atoms with E-state index < -0.39 is 0 Å². The van der Waals surface area contributed by atoms with E-state index >= 15 is 0 Å². The van der Waals surface area contributed by atoms with Crippen LogP contribution in [0.2, 0.25) is 5.02 Å². The molecule has 0 aliphatic heterocycles. The maximum atomic E-state index is 11.9. The van der Waals surface area contributed by atoms with E-state index in [9.17, 15) is 9.59 Å². The molecule has 0 atom stereocenters. The molecule has 0 aliphatic rings. The van der Waals surface area contributed by atoms with Gasteiger partial charge in [-0.3, -0.25) is 9.59 Å². The smallest absolute Gasteiger partial charge is 0.222 e. The molecule has 0 unspecified atom stereocenters. The lowest BCUT2D eigenvalue weighted by Gasteiger charge is -2.21. The Morgan fingerprint density at radius 1 is 1.13 bits per heavy atom. The summed E-state index contributed by atoms with van der Waals surface area (Å²) < 4.78 is 0. The van der Waals surface area contributed by atoms with Crippen molar-refractivity contribution in [2.75, 3.05) is 33.7 Å². The highest BCUT2D eigenvalue weighted by molar-refractivity contribution is 6.31. The van der Waals surface area contributed by atoms with Gasteiger partial charge in [-0.15, -0.1) is 0 Å². The van der Waals surface area contributed by atoms with Crippen molar-refractivity contribution in [3.05, 3.63) is 34.9 Å². The summed E-state index contributed by atoms with van der Waals surface area (Å²) in [6, 6.07) is 7.42. The molecule has 0 heterocycles. The summed E-state index contributed by atoms with van der Waals surface area (Å²) in [6.45, 7) is 3.97. The Kier molecular flexibility index (Phi) is 8.66. The molecule has 23 heavy (non-hydrogen) atoms. The van der Waals surface area contributed by atoms with Crippen molar-refractivity contribution in [2.24, 2.45) is 0 Å². The Hall–Kier alpha value is -1.59. The topological polar surface area (TPSA) is 52.7 Å². The molecule has 2 amide bonds. The second kappa shape index (κ2) is 10.2. The minimum Gasteiger partial charge on any atom is -0.352 e. The predicted octanol–water partition coefficient (Wildman–Crippen LogP) is 2.15. The van der Waals surface area contributed by atoms with E-state index in [1.807, 2.05) is 32.3 Å². The summed E-state index contributed by atoms with van der Waals surface area (Å²) in [5.74, 6) is -0.0774. The van der Waals surface area contributed by atoms with Gasteiger partial charge in [0, 0.05) is 38.0 Å². The van der Waals surface area contributed by atoms with Crippen LogP contribution in [0.15, 0.2) is 24.3 Å². The molecular formula is C17H26ClN3O2. The Morgan fingerprint density at radius 3 is 2.43 bits per heavy atom. The first-order valence-corrected chi connectivity index (χ1v) is 8.18. The number of carbonyl (C=O) groups is 2. The molecule has 0 radical (unpaired) electrons. The number of benzene rings is 1. The van der Waals surface area contributed by atoms with Crippen LogP contribution < -0.4 is 5.32 Å². The van der Waals surface area contributed by atoms with Gasteiger partial charge in [-0.2, -0.15) is 0 Å². The van der Waals surface area contributed by atoms with Crippen LogP contribution in [0.5, 0.6) is 0 Å². The zero-order valence-electron chi connectivity index (χ0n) is 14.1. The molecule has 0 bridgehead atoms. The second-order valence-corrected chi connectivity index (χ2v) is 6.19. The standard InChI is InChI=1S/C17H26ClN3O2/c1-14(22)21(11-6-10-20(2)3)12-9-17(23)19-13-15-7-4-5-8-16(15)18/h4-5,7-8H,6,9-13H2,1-3H3,(H,19,23). The number of nitrogens with one attached hydrogen (secondary N) is 1. The minimum atomic E-state index is -0.0798. The van der Waals surface area contributed by atoms with Crippen LogP contribution in [0.4, 0.5) is 0 Å². The van der Waals surface area contributed by atoms with Crippen molar-refractivity contribution in [3.8, 4) is 0 Å². The van der Waals surface area contributed by atoms with Crippen molar-refractivity contribution in [3.63, 3.8) is 0 Å². The first kappa shape index (κ1) is 19.5. The van der Waals surface area contributed by atoms with Gasteiger partial charge in [0.15, 0.2) is 0 Å². The SMILES string of the molecule is CC(=O)N(CCCN(C)C)CCC(=O)NCc1ccccc1Cl. The first-order valence-electron chi connectivity index (χ1n) is 7.80. The fourth-order valence-corrected chi connectivity index (χ4v) is 2.37. The van der Waals surface area contributed by atoms with E-state index in [1.54, 1.807) is 11.0 Å². The largest absolute Gasteiger partial charge is 0.352 e. The van der Waals surface area contributed by atoms with Gasteiger partial charge in [-0.1, -0.05) is 29.8 Å². The third kappa shape index (κ3) is 8.00. The summed E-state index contributed by atoms with van der Waals surface area (Å²) in [4.78, 5) is 27.4. The molecule has 128 valence electrons. The van der Waals surface area contributed by atoms with E-state index in [-0.39, 0.29) is 11.8 Å². The monoisotopic (exact) mass is 339 g/mol. The number of hydrogen-bond donors (Lipinski definition) is 1. The van der Waals surface area contributed by atoms with Crippen LogP contribution in [-0.2, 0) is 16.1 Å². The molecule has 0 aliphatic carbocycles. The maximum Gasteiger partial charge on any atom is 0.222 e. The van der Waals surface area contributed by atoms with Gasteiger partial charge >= 0.3 is 0 Å². The van der Waals surface area contributed by atoms with Crippen molar-refractivity contribution >= 4 is 23.4 Å². The molecule has 0 saturated carbocycles. The van der Waals surface area contributed by atoms with E-state index in [0.29, 0.717) is 31.1 Å². The summed E-state index contributed by atoms with van der Waals surface area (Å²) in [5.41, 5.74) is 0.886. The number of nitrogens with zero attached hydrogens (tertiary/aromatic N) is 2. The Bertz CT molecular complexity index is 520. The third-order valence-electron chi connectivity index (χ3n) is 3.52. The van der Waals surface area contributed by atoms with Gasteiger partial charge < -0.3 is 15.1 Å². The zero-order chi connectivity index (χ0) is 17.2. The van der Waals surface area contributed by atoms with E-state index in [4.69, 9.17) is 11.6 Å². The minimum absolute atomic E-state index is 0.00246. The van der Waals surface area contributed by atoms with Gasteiger partial charge in [0.05, 0.1) is 0 Å². The van der Waals surface area contributed by atoms with Crippen LogP contribution in [0.25, 0.3) is 0 Å². The van der Waals surface area contributed by atoms with Gasteiger partial charge in [0.2, 0.25) is 11.8 Å². The normalized spacial score (nSPS) is 10.7. The molecule has 1 aromatic carbocycles. The number of carbonyl (C=O) groups excluding carboxylic acids is 2. The lowest BCUT2D eigenvalue weighted by Crippen LogP contribution is -2.35. The molecule has 6 heteroatoms. The van der Waals surface area contributed by atoms with Gasteiger partial charge in [0.25, 0.3) is 0 Å². The fourth-order valence-electron chi connectivity index (χ4n) is 2.16. The van der Waals surface area contributed by atoms with Gasteiger partial charge in [0.1, 0.15) is 0 Å². The van der Waals surface area contributed by atoms with Crippen LogP contribution in [-0.4, -0.2) is 55.3 Å². The highest BCUT2D eigenvalue weighted by atomic mass is 35.5. The van der Waals surface area contributed by atoms with Gasteiger partial charge in [-0.25, -0.2) is 0 Å². The third-order valence-corrected chi connectivity index (χ3v) is 3.89. The van der Waals surface area contributed by atoms with E-state index in [0.717, 1.165) is 18.5 Å². The van der Waals surface area contributed by atoms with Crippen LogP contribution >= 0.6 is 11.6 Å². The van der Waals surface area contributed by atoms with Crippen molar-refractivity contribution < 1.29 is 9.59 Å². The van der Waals surface area contributed by atoms with Crippen LogP contribution in [0.3, 0.4) is 0 Å². The van der Waals surface area contributed by atoms with Crippen LogP contribution in [0, 0.1) is 0 Å². The maximum absolute atomic E-state index is 11.9. The van der Waals surface area contributed by atoms with Gasteiger partial charge in [-0.05, 0) is 38.7 Å². The first-order chi connectivity index (χ1) is 10.9. The fraction of sp³-hybridized carbons (Fsp3) is 0.529. The van der Waals surface area contributed by atoms with Crippen molar-refractivity contribution in [1.82, 2.24) is 15.1 Å². The second-order valence-electron chi connectivity index (χ2n) is 5.78. The highest BCUT2D eigenvalue weighted by Crippen LogP contribution is 2.14.